The molecule has 6 heteroatoms. The number of rotatable bonds is 4. The van der Waals surface area contributed by atoms with Crippen LogP contribution in [0.4, 0.5) is 0 Å². The van der Waals surface area contributed by atoms with Crippen molar-refractivity contribution in [2.24, 2.45) is 18.4 Å². The molecular formula is C19H23N3O3. The Morgan fingerprint density at radius 3 is 2.92 bits per heavy atom. The summed E-state index contributed by atoms with van der Waals surface area (Å²) in [4.78, 5) is 14.2. The van der Waals surface area contributed by atoms with Gasteiger partial charge >= 0.3 is 5.97 Å². The van der Waals surface area contributed by atoms with Crippen LogP contribution in [0.25, 0.3) is 11.3 Å². The van der Waals surface area contributed by atoms with Crippen LogP contribution in [0, 0.1) is 11.3 Å². The van der Waals surface area contributed by atoms with Crippen LogP contribution >= 0.6 is 0 Å². The van der Waals surface area contributed by atoms with Crippen molar-refractivity contribution in [3.8, 4) is 11.3 Å². The van der Waals surface area contributed by atoms with Gasteiger partial charge in [-0.05, 0) is 6.42 Å². The maximum Gasteiger partial charge on any atom is 0.311 e. The standard InChI is InChI=1S/C19H23N3O3/c1-21-9-15(17(20-21)14-5-3-2-4-6-14)10-22-11-16-12-25-8-7-19(16,13-22)18(23)24/h2-6,9,16H,7-8,10-13H2,1H3,(H,23,24)/t16-,19+/m1/s1. The van der Waals surface area contributed by atoms with Crippen molar-refractivity contribution < 1.29 is 14.6 Å². The number of aryl methyl sites for hydroxylation is 1. The molecule has 6 nitrogen and oxygen atoms in total. The van der Waals surface area contributed by atoms with Crippen LogP contribution in [0.1, 0.15) is 12.0 Å². The molecule has 0 unspecified atom stereocenters. The van der Waals surface area contributed by atoms with Crippen LogP contribution in [0.5, 0.6) is 0 Å². The van der Waals surface area contributed by atoms with E-state index in [1.807, 2.05) is 36.1 Å². The van der Waals surface area contributed by atoms with Crippen molar-refractivity contribution in [2.45, 2.75) is 13.0 Å². The van der Waals surface area contributed by atoms with Crippen molar-refractivity contribution in [1.82, 2.24) is 14.7 Å². The lowest BCUT2D eigenvalue weighted by atomic mass is 9.74. The van der Waals surface area contributed by atoms with Crippen LogP contribution in [-0.4, -0.2) is 52.1 Å². The molecule has 2 saturated heterocycles. The van der Waals surface area contributed by atoms with Gasteiger partial charge in [-0.2, -0.15) is 5.10 Å². The number of hydrogen-bond acceptors (Lipinski definition) is 4. The zero-order valence-corrected chi connectivity index (χ0v) is 14.4. The maximum atomic E-state index is 11.9. The van der Waals surface area contributed by atoms with Crippen molar-refractivity contribution in [3.63, 3.8) is 0 Å². The van der Waals surface area contributed by atoms with Crippen molar-refractivity contribution in [2.75, 3.05) is 26.3 Å². The molecular weight excluding hydrogens is 318 g/mol. The van der Waals surface area contributed by atoms with Crippen molar-refractivity contribution in [1.29, 1.82) is 0 Å². The third kappa shape index (κ3) is 2.85. The van der Waals surface area contributed by atoms with E-state index < -0.39 is 11.4 Å². The minimum absolute atomic E-state index is 0.0654. The van der Waals surface area contributed by atoms with Gasteiger partial charge in [-0.1, -0.05) is 30.3 Å². The molecule has 2 atom stereocenters. The average molecular weight is 341 g/mol. The van der Waals surface area contributed by atoms with Gasteiger partial charge in [0, 0.05) is 56.5 Å². The molecule has 2 aromatic rings. The predicted octanol–water partition coefficient (Wildman–Crippen LogP) is 2.01. The Hall–Kier alpha value is -2.18. The number of fused-ring (bicyclic) bond motifs is 1. The monoisotopic (exact) mass is 341 g/mol. The Morgan fingerprint density at radius 1 is 1.40 bits per heavy atom. The summed E-state index contributed by atoms with van der Waals surface area (Å²) in [6, 6.07) is 10.1. The van der Waals surface area contributed by atoms with E-state index in [0.29, 0.717) is 32.7 Å². The first-order valence-corrected chi connectivity index (χ1v) is 8.70. The fraction of sp³-hybridized carbons (Fsp3) is 0.474. The molecule has 1 aromatic heterocycles. The van der Waals surface area contributed by atoms with Gasteiger partial charge in [-0.15, -0.1) is 0 Å². The smallest absolute Gasteiger partial charge is 0.311 e. The van der Waals surface area contributed by atoms with Crippen LogP contribution in [0.15, 0.2) is 36.5 Å². The summed E-state index contributed by atoms with van der Waals surface area (Å²) in [6.45, 7) is 3.14. The maximum absolute atomic E-state index is 11.9. The minimum atomic E-state index is -0.683. The number of carboxylic acids is 1. The number of carbonyl (C=O) groups is 1. The lowest BCUT2D eigenvalue weighted by Gasteiger charge is -2.34. The SMILES string of the molecule is Cn1cc(CN2C[C@@H]3COCC[C@]3(C(=O)O)C2)c(-c2ccccc2)n1. The van der Waals surface area contributed by atoms with Gasteiger partial charge in [-0.25, -0.2) is 0 Å². The molecule has 0 radical (unpaired) electrons. The van der Waals surface area contributed by atoms with Gasteiger partial charge in [0.15, 0.2) is 0 Å². The first kappa shape index (κ1) is 16.3. The molecule has 0 spiro atoms. The highest BCUT2D eigenvalue weighted by Crippen LogP contribution is 2.43. The Bertz CT molecular complexity index is 773. The molecule has 0 bridgehead atoms. The highest BCUT2D eigenvalue weighted by molar-refractivity contribution is 5.76. The fourth-order valence-corrected chi connectivity index (χ4v) is 4.26. The molecule has 0 aliphatic carbocycles. The molecule has 4 rings (SSSR count). The van der Waals surface area contributed by atoms with E-state index in [4.69, 9.17) is 4.74 Å². The minimum Gasteiger partial charge on any atom is -0.481 e. The van der Waals surface area contributed by atoms with Gasteiger partial charge < -0.3 is 9.84 Å². The number of benzene rings is 1. The molecule has 0 amide bonds. The Kier molecular flexibility index (Phi) is 4.09. The number of ether oxygens (including phenoxy) is 1. The highest BCUT2D eigenvalue weighted by atomic mass is 16.5. The van der Waals surface area contributed by atoms with E-state index in [9.17, 15) is 9.90 Å². The lowest BCUT2D eigenvalue weighted by Crippen LogP contribution is -2.44. The summed E-state index contributed by atoms with van der Waals surface area (Å²) in [6.07, 6.45) is 2.64. The second kappa shape index (κ2) is 6.28. The first-order chi connectivity index (χ1) is 12.1. The zero-order chi connectivity index (χ0) is 17.4. The van der Waals surface area contributed by atoms with Crippen LogP contribution in [0.3, 0.4) is 0 Å². The molecule has 1 N–H and O–H groups in total. The van der Waals surface area contributed by atoms with Gasteiger partial charge in [0.05, 0.1) is 17.7 Å². The normalized spacial score (nSPS) is 26.5. The number of likely N-dealkylation sites (tertiary alicyclic amines) is 1. The van der Waals surface area contributed by atoms with Crippen LogP contribution < -0.4 is 0 Å². The summed E-state index contributed by atoms with van der Waals surface area (Å²) in [5.41, 5.74) is 2.53. The molecule has 1 aromatic carbocycles. The Morgan fingerprint density at radius 2 is 2.20 bits per heavy atom. The average Bonchev–Trinajstić information content (AvgIpc) is 3.16. The second-order valence-corrected chi connectivity index (χ2v) is 7.20. The summed E-state index contributed by atoms with van der Waals surface area (Å²) >= 11 is 0. The zero-order valence-electron chi connectivity index (χ0n) is 14.4. The summed E-state index contributed by atoms with van der Waals surface area (Å²) in [5.74, 6) is -0.617. The van der Waals surface area contributed by atoms with Crippen LogP contribution in [-0.2, 0) is 23.1 Å². The molecule has 2 aliphatic rings. The highest BCUT2D eigenvalue weighted by Gasteiger charge is 2.53. The largest absolute Gasteiger partial charge is 0.481 e. The van der Waals surface area contributed by atoms with E-state index in [2.05, 4.69) is 22.1 Å². The quantitative estimate of drug-likeness (QED) is 0.921. The fourth-order valence-electron chi connectivity index (χ4n) is 4.26. The Labute approximate surface area is 147 Å². The molecule has 0 saturated carbocycles. The van der Waals surface area contributed by atoms with Crippen LogP contribution in [0.2, 0.25) is 0 Å². The topological polar surface area (TPSA) is 67.6 Å². The van der Waals surface area contributed by atoms with Crippen molar-refractivity contribution >= 4 is 5.97 Å². The number of aliphatic carboxylic acids is 1. The lowest BCUT2D eigenvalue weighted by molar-refractivity contribution is -0.157. The Balaban J connectivity index is 1.59. The van der Waals surface area contributed by atoms with Crippen molar-refractivity contribution in [3.05, 3.63) is 42.1 Å². The summed E-state index contributed by atoms with van der Waals surface area (Å²) in [5, 5.41) is 14.4. The number of aromatic nitrogens is 2. The first-order valence-electron chi connectivity index (χ1n) is 8.70. The number of hydrogen-bond donors (Lipinski definition) is 1. The van der Waals surface area contributed by atoms with E-state index >= 15 is 0 Å². The summed E-state index contributed by atoms with van der Waals surface area (Å²) in [7, 11) is 1.92. The molecule has 2 fully saturated rings. The third-order valence-corrected chi connectivity index (χ3v) is 5.55. The van der Waals surface area contributed by atoms with E-state index in [1.54, 1.807) is 0 Å². The summed E-state index contributed by atoms with van der Waals surface area (Å²) < 4.78 is 7.38. The van der Waals surface area contributed by atoms with E-state index in [0.717, 1.165) is 23.4 Å². The van der Waals surface area contributed by atoms with E-state index in [1.165, 1.54) is 0 Å². The number of carboxylic acid groups (broad SMARTS) is 1. The van der Waals surface area contributed by atoms with Gasteiger partial charge in [0.25, 0.3) is 0 Å². The molecule has 25 heavy (non-hydrogen) atoms. The van der Waals surface area contributed by atoms with Gasteiger partial charge in [0.2, 0.25) is 0 Å². The van der Waals surface area contributed by atoms with E-state index in [-0.39, 0.29) is 5.92 Å². The molecule has 2 aliphatic heterocycles. The predicted molar refractivity (Wildman–Crippen MR) is 92.9 cm³/mol. The van der Waals surface area contributed by atoms with Gasteiger partial charge in [0.1, 0.15) is 0 Å². The third-order valence-electron chi connectivity index (χ3n) is 5.55. The van der Waals surface area contributed by atoms with Gasteiger partial charge in [-0.3, -0.25) is 14.4 Å². The number of nitrogens with zero attached hydrogens (tertiary/aromatic N) is 3. The molecule has 3 heterocycles. The second-order valence-electron chi connectivity index (χ2n) is 7.20. The molecule has 132 valence electrons.